The van der Waals surface area contributed by atoms with Crippen molar-refractivity contribution >= 4 is 21.7 Å². The van der Waals surface area contributed by atoms with Crippen molar-refractivity contribution in [2.75, 3.05) is 11.9 Å². The number of rotatable bonds is 3. The zero-order chi connectivity index (χ0) is 11.8. The summed E-state index contributed by atoms with van der Waals surface area (Å²) in [6.45, 7) is 3.13. The Kier molecular flexibility index (Phi) is 2.67. The van der Waals surface area contributed by atoms with Crippen LogP contribution in [0.2, 0.25) is 0 Å². The first-order chi connectivity index (χ1) is 8.29. The molecule has 0 fully saturated rings. The van der Waals surface area contributed by atoms with Crippen LogP contribution in [0.25, 0.3) is 11.3 Å². The van der Waals surface area contributed by atoms with E-state index < -0.39 is 0 Å². The molecule has 2 N–H and O–H groups in total. The highest BCUT2D eigenvalue weighted by Crippen LogP contribution is 2.39. The number of H-pyrrole nitrogens is 1. The summed E-state index contributed by atoms with van der Waals surface area (Å²) in [5.74, 6) is 1.01. The Morgan fingerprint density at radius 1 is 1.47 bits per heavy atom. The van der Waals surface area contributed by atoms with Gasteiger partial charge in [0.1, 0.15) is 0 Å². The predicted molar refractivity (Wildman–Crippen MR) is 73.3 cm³/mol. The fourth-order valence-corrected chi connectivity index (χ4v) is 2.70. The van der Waals surface area contributed by atoms with E-state index in [9.17, 15) is 0 Å². The Bertz CT molecular complexity index is 560. The van der Waals surface area contributed by atoms with Crippen LogP contribution in [-0.4, -0.2) is 16.7 Å². The molecular weight excluding hydrogens is 278 g/mol. The van der Waals surface area contributed by atoms with Gasteiger partial charge in [-0.05, 0) is 24.1 Å². The number of hydrogen-bond acceptors (Lipinski definition) is 2. The second kappa shape index (κ2) is 4.18. The van der Waals surface area contributed by atoms with Crippen LogP contribution in [0.15, 0.2) is 22.7 Å². The molecule has 1 aliphatic carbocycles. The average molecular weight is 292 g/mol. The van der Waals surface area contributed by atoms with Crippen molar-refractivity contribution in [3.8, 4) is 11.3 Å². The molecule has 0 radical (unpaired) electrons. The number of nitrogens with zero attached hydrogens (tertiary/aromatic N) is 1. The second-order valence-electron chi connectivity index (χ2n) is 4.33. The number of nitrogens with one attached hydrogen (secondary N) is 2. The normalized spacial score (nSPS) is 12.4. The zero-order valence-electron chi connectivity index (χ0n) is 9.68. The number of fused-ring (bicyclic) bond motifs is 3. The third-order valence-electron chi connectivity index (χ3n) is 3.11. The Balaban J connectivity index is 1.99. The van der Waals surface area contributed by atoms with E-state index in [2.05, 4.69) is 56.6 Å². The molecule has 0 atom stereocenters. The first-order valence-electron chi connectivity index (χ1n) is 5.89. The third kappa shape index (κ3) is 1.76. The Morgan fingerprint density at radius 2 is 2.35 bits per heavy atom. The molecule has 17 heavy (non-hydrogen) atoms. The molecule has 0 bridgehead atoms. The van der Waals surface area contributed by atoms with Crippen molar-refractivity contribution in [2.24, 2.45) is 0 Å². The first-order valence-corrected chi connectivity index (χ1v) is 6.68. The van der Waals surface area contributed by atoms with Crippen molar-refractivity contribution in [2.45, 2.75) is 19.8 Å². The molecule has 0 unspecified atom stereocenters. The number of aromatic nitrogens is 2. The van der Waals surface area contributed by atoms with Crippen LogP contribution in [0.1, 0.15) is 24.5 Å². The summed E-state index contributed by atoms with van der Waals surface area (Å²) < 4.78 is 1.14. The summed E-state index contributed by atoms with van der Waals surface area (Å²) in [7, 11) is 0. The van der Waals surface area contributed by atoms with Gasteiger partial charge in [0.25, 0.3) is 0 Å². The Labute approximate surface area is 109 Å². The van der Waals surface area contributed by atoms with Gasteiger partial charge in [0.15, 0.2) is 5.82 Å². The van der Waals surface area contributed by atoms with Crippen LogP contribution in [0.3, 0.4) is 0 Å². The Hall–Kier alpha value is -1.29. The number of benzene rings is 1. The van der Waals surface area contributed by atoms with E-state index in [0.717, 1.165) is 29.7 Å². The molecule has 1 aromatic heterocycles. The molecule has 2 aromatic rings. The van der Waals surface area contributed by atoms with Crippen molar-refractivity contribution in [1.82, 2.24) is 10.2 Å². The van der Waals surface area contributed by atoms with Crippen LogP contribution in [0, 0.1) is 0 Å². The lowest BCUT2D eigenvalue weighted by Gasteiger charge is -2.02. The minimum Gasteiger partial charge on any atom is -0.368 e. The third-order valence-corrected chi connectivity index (χ3v) is 3.61. The fourth-order valence-electron chi connectivity index (χ4n) is 2.29. The molecule has 0 aliphatic heterocycles. The minimum absolute atomic E-state index is 0.965. The molecule has 1 heterocycles. The highest BCUT2D eigenvalue weighted by atomic mass is 79.9. The van der Waals surface area contributed by atoms with Gasteiger partial charge in [-0.25, -0.2) is 0 Å². The van der Waals surface area contributed by atoms with Crippen molar-refractivity contribution in [3.63, 3.8) is 0 Å². The first kappa shape index (κ1) is 10.8. The van der Waals surface area contributed by atoms with Crippen LogP contribution in [0.4, 0.5) is 5.82 Å². The number of hydrogen-bond donors (Lipinski definition) is 2. The van der Waals surface area contributed by atoms with E-state index in [1.807, 2.05) is 0 Å². The van der Waals surface area contributed by atoms with Crippen LogP contribution < -0.4 is 5.32 Å². The van der Waals surface area contributed by atoms with Crippen LogP contribution in [-0.2, 0) is 6.42 Å². The van der Waals surface area contributed by atoms with E-state index in [-0.39, 0.29) is 0 Å². The summed E-state index contributed by atoms with van der Waals surface area (Å²) in [6, 6.07) is 6.41. The van der Waals surface area contributed by atoms with Gasteiger partial charge in [-0.1, -0.05) is 28.9 Å². The van der Waals surface area contributed by atoms with Gasteiger partial charge < -0.3 is 5.32 Å². The molecule has 4 heteroatoms. The molecule has 88 valence electrons. The predicted octanol–water partition coefficient (Wildman–Crippen LogP) is 3.57. The minimum atomic E-state index is 0.965. The highest BCUT2D eigenvalue weighted by Gasteiger charge is 2.24. The molecule has 1 aromatic carbocycles. The van der Waals surface area contributed by atoms with Gasteiger partial charge in [0.2, 0.25) is 0 Å². The zero-order valence-corrected chi connectivity index (χ0v) is 11.3. The van der Waals surface area contributed by atoms with Crippen LogP contribution >= 0.6 is 15.9 Å². The molecule has 1 aliphatic rings. The summed E-state index contributed by atoms with van der Waals surface area (Å²) in [5, 5.41) is 10.9. The quantitative estimate of drug-likeness (QED) is 0.775. The van der Waals surface area contributed by atoms with Crippen molar-refractivity contribution < 1.29 is 0 Å². The maximum absolute atomic E-state index is 4.35. The second-order valence-corrected chi connectivity index (χ2v) is 5.25. The van der Waals surface area contributed by atoms with Gasteiger partial charge in [0.05, 0.1) is 5.69 Å². The maximum atomic E-state index is 4.35. The summed E-state index contributed by atoms with van der Waals surface area (Å²) in [4.78, 5) is 0. The van der Waals surface area contributed by atoms with Crippen LogP contribution in [0.5, 0.6) is 0 Å². The summed E-state index contributed by atoms with van der Waals surface area (Å²) in [5.41, 5.74) is 5.11. The molecule has 0 amide bonds. The molecule has 3 nitrogen and oxygen atoms in total. The van der Waals surface area contributed by atoms with E-state index in [4.69, 9.17) is 0 Å². The van der Waals surface area contributed by atoms with Gasteiger partial charge in [-0.3, -0.25) is 5.10 Å². The molecule has 0 saturated heterocycles. The summed E-state index contributed by atoms with van der Waals surface area (Å²) in [6.07, 6.45) is 2.08. The molecular formula is C13H14BrN3. The van der Waals surface area contributed by atoms with Gasteiger partial charge in [-0.2, -0.15) is 5.10 Å². The molecule has 3 rings (SSSR count). The lowest BCUT2D eigenvalue weighted by atomic mass is 10.1. The maximum Gasteiger partial charge on any atom is 0.151 e. The van der Waals surface area contributed by atoms with E-state index in [1.165, 1.54) is 22.4 Å². The lowest BCUT2D eigenvalue weighted by Crippen LogP contribution is -2.02. The molecule has 0 spiro atoms. The number of aromatic amines is 1. The van der Waals surface area contributed by atoms with Crippen molar-refractivity contribution in [3.05, 3.63) is 33.8 Å². The largest absolute Gasteiger partial charge is 0.368 e. The van der Waals surface area contributed by atoms with E-state index >= 15 is 0 Å². The lowest BCUT2D eigenvalue weighted by molar-refractivity contribution is 0.956. The van der Waals surface area contributed by atoms with Gasteiger partial charge >= 0.3 is 0 Å². The van der Waals surface area contributed by atoms with E-state index in [0.29, 0.717) is 0 Å². The number of halogens is 1. The van der Waals surface area contributed by atoms with Crippen molar-refractivity contribution in [1.29, 1.82) is 0 Å². The van der Waals surface area contributed by atoms with Gasteiger partial charge in [0, 0.05) is 28.6 Å². The standard InChI is InChI=1S/C13H14BrN3/c1-2-5-15-13-11-7-8-6-9(14)3-4-10(8)12(11)16-17-13/h3-4,6H,2,5,7H2,1H3,(H2,15,16,17). The number of anilines is 1. The smallest absolute Gasteiger partial charge is 0.151 e. The average Bonchev–Trinajstić information content (AvgIpc) is 2.84. The Morgan fingerprint density at radius 3 is 3.18 bits per heavy atom. The van der Waals surface area contributed by atoms with Gasteiger partial charge in [-0.15, -0.1) is 0 Å². The SMILES string of the molecule is CCCNc1n[nH]c2c1Cc1cc(Br)ccc1-2. The highest BCUT2D eigenvalue weighted by molar-refractivity contribution is 9.10. The fraction of sp³-hybridized carbons (Fsp3) is 0.308. The molecule has 0 saturated carbocycles. The summed E-state index contributed by atoms with van der Waals surface area (Å²) >= 11 is 3.52. The monoisotopic (exact) mass is 291 g/mol. The topological polar surface area (TPSA) is 40.7 Å². The van der Waals surface area contributed by atoms with E-state index in [1.54, 1.807) is 0 Å².